The topological polar surface area (TPSA) is 105 Å². The molecule has 138 valence electrons. The molecule has 0 fully saturated rings. The Bertz CT molecular complexity index is 1090. The van der Waals surface area contributed by atoms with E-state index in [1.807, 2.05) is 0 Å². The van der Waals surface area contributed by atoms with Crippen molar-refractivity contribution in [2.24, 2.45) is 7.05 Å². The summed E-state index contributed by atoms with van der Waals surface area (Å²) >= 11 is 0. The summed E-state index contributed by atoms with van der Waals surface area (Å²) in [4.78, 5) is 27.8. The fourth-order valence-corrected chi connectivity index (χ4v) is 4.17. The molecular weight excluding hydrogens is 383 g/mol. The van der Waals surface area contributed by atoms with E-state index in [1.165, 1.54) is 29.6 Å². The van der Waals surface area contributed by atoms with Crippen LogP contribution in [0, 0.1) is 0 Å². The molecule has 1 unspecified atom stereocenters. The van der Waals surface area contributed by atoms with Gasteiger partial charge in [0.15, 0.2) is 0 Å². The van der Waals surface area contributed by atoms with Crippen LogP contribution in [0.5, 0.6) is 0 Å². The SMILES string of the molecule is C=CCn1c(=O)c2c(n(C)c1=O)N(c1ccccc1)C(S(=O)(=O)O)N2C.[Na+]. The third-order valence-corrected chi connectivity index (χ3v) is 5.30. The van der Waals surface area contributed by atoms with Gasteiger partial charge in [0.25, 0.3) is 5.56 Å². The third kappa shape index (κ3) is 3.39. The van der Waals surface area contributed by atoms with Crippen LogP contribution in [0.2, 0.25) is 0 Å². The predicted molar refractivity (Wildman–Crippen MR) is 98.5 cm³/mol. The van der Waals surface area contributed by atoms with Gasteiger partial charge in [-0.15, -0.1) is 6.58 Å². The zero-order valence-corrected chi connectivity index (χ0v) is 18.0. The summed E-state index contributed by atoms with van der Waals surface area (Å²) < 4.78 is 36.1. The largest absolute Gasteiger partial charge is 1.00 e. The van der Waals surface area contributed by atoms with E-state index < -0.39 is 26.9 Å². The van der Waals surface area contributed by atoms with Gasteiger partial charge >= 0.3 is 45.4 Å². The second kappa shape index (κ2) is 7.64. The predicted octanol–water partition coefficient (Wildman–Crippen LogP) is -2.50. The van der Waals surface area contributed by atoms with Crippen molar-refractivity contribution >= 4 is 27.3 Å². The molecule has 0 amide bonds. The van der Waals surface area contributed by atoms with E-state index in [2.05, 4.69) is 6.58 Å². The van der Waals surface area contributed by atoms with Crippen molar-refractivity contribution in [1.82, 2.24) is 9.13 Å². The van der Waals surface area contributed by atoms with Crippen molar-refractivity contribution in [1.29, 1.82) is 0 Å². The van der Waals surface area contributed by atoms with Crippen molar-refractivity contribution in [3.63, 3.8) is 0 Å². The third-order valence-electron chi connectivity index (χ3n) is 4.24. The van der Waals surface area contributed by atoms with Crippen LogP contribution in [0.25, 0.3) is 0 Å². The van der Waals surface area contributed by atoms with E-state index in [0.29, 0.717) is 5.69 Å². The van der Waals surface area contributed by atoms with Gasteiger partial charge in [0, 0.05) is 26.3 Å². The molecule has 0 radical (unpaired) electrons. The number of nitrogens with zero attached hydrogens (tertiary/aromatic N) is 4. The van der Waals surface area contributed by atoms with Crippen molar-refractivity contribution < 1.29 is 42.5 Å². The smallest absolute Gasteiger partial charge is 0.332 e. The fourth-order valence-electron chi connectivity index (χ4n) is 3.17. The number of allylic oxidation sites excluding steroid dienone is 1. The van der Waals surface area contributed by atoms with Crippen molar-refractivity contribution in [2.75, 3.05) is 16.8 Å². The Kier molecular flexibility index (Phi) is 6.07. The summed E-state index contributed by atoms with van der Waals surface area (Å²) in [6, 6.07) is 8.37. The van der Waals surface area contributed by atoms with E-state index in [4.69, 9.17) is 0 Å². The normalized spacial score (nSPS) is 16.0. The number of para-hydroxylation sites is 1. The maximum Gasteiger partial charge on any atom is 1.00 e. The molecule has 1 aliphatic heterocycles. The molecule has 1 aliphatic rings. The van der Waals surface area contributed by atoms with E-state index in [9.17, 15) is 22.6 Å². The first-order chi connectivity index (χ1) is 12.2. The summed E-state index contributed by atoms with van der Waals surface area (Å²) in [6.45, 7) is 3.51. The van der Waals surface area contributed by atoms with Gasteiger partial charge in [0.05, 0.1) is 0 Å². The van der Waals surface area contributed by atoms with Crippen LogP contribution in [0.1, 0.15) is 0 Å². The summed E-state index contributed by atoms with van der Waals surface area (Å²) in [5.74, 6) is 0.0941. The standard InChI is InChI=1S/C16H18N4O5S.Na/c1-4-10-19-14(21)12-13(18(3)15(19)22)20(11-8-6-5-7-9-11)16(17(12)2)26(23,24)25;/h4-9,16H,1,10H2,2-3H3,(H,23,24,25);/q;+1. The van der Waals surface area contributed by atoms with Gasteiger partial charge < -0.3 is 4.90 Å². The second-order valence-electron chi connectivity index (χ2n) is 5.88. The maximum atomic E-state index is 12.8. The van der Waals surface area contributed by atoms with Crippen molar-refractivity contribution in [2.45, 2.75) is 12.0 Å². The van der Waals surface area contributed by atoms with Crippen LogP contribution < -0.4 is 50.6 Å². The molecular formula is C16H18N4NaO5S+. The summed E-state index contributed by atoms with van der Waals surface area (Å²) in [5, 5.41) is 0. The molecule has 0 saturated heterocycles. The van der Waals surface area contributed by atoms with Crippen LogP contribution in [0.15, 0.2) is 52.6 Å². The van der Waals surface area contributed by atoms with Gasteiger partial charge in [-0.3, -0.25) is 23.4 Å². The average molecular weight is 401 g/mol. The minimum Gasteiger partial charge on any atom is -0.332 e. The van der Waals surface area contributed by atoms with E-state index >= 15 is 0 Å². The molecule has 1 aromatic carbocycles. The molecule has 3 rings (SSSR count). The summed E-state index contributed by atoms with van der Waals surface area (Å²) in [6.07, 6.45) is 1.40. The monoisotopic (exact) mass is 401 g/mol. The van der Waals surface area contributed by atoms with Gasteiger partial charge in [-0.1, -0.05) is 24.3 Å². The Labute approximate surface area is 178 Å². The second-order valence-corrected chi connectivity index (χ2v) is 7.33. The van der Waals surface area contributed by atoms with Gasteiger partial charge in [0.2, 0.25) is 5.50 Å². The molecule has 0 aliphatic carbocycles. The molecule has 0 spiro atoms. The average Bonchev–Trinajstić information content (AvgIpc) is 2.91. The zero-order valence-electron chi connectivity index (χ0n) is 15.2. The van der Waals surface area contributed by atoms with Crippen LogP contribution in [0.3, 0.4) is 0 Å². The van der Waals surface area contributed by atoms with E-state index in [0.717, 1.165) is 9.47 Å². The van der Waals surface area contributed by atoms with Gasteiger partial charge in [-0.25, -0.2) is 4.79 Å². The minimum absolute atomic E-state index is 0. The van der Waals surface area contributed by atoms with E-state index in [1.54, 1.807) is 30.3 Å². The molecule has 0 bridgehead atoms. The zero-order chi connectivity index (χ0) is 19.2. The Morgan fingerprint density at radius 2 is 1.78 bits per heavy atom. The molecule has 1 N–H and O–H groups in total. The van der Waals surface area contributed by atoms with Crippen molar-refractivity contribution in [3.8, 4) is 0 Å². The first kappa shape index (κ1) is 21.5. The number of benzene rings is 1. The number of anilines is 3. The number of hydrogen-bond donors (Lipinski definition) is 1. The number of hydrogen-bond acceptors (Lipinski definition) is 6. The van der Waals surface area contributed by atoms with Gasteiger partial charge in [0.1, 0.15) is 11.5 Å². The van der Waals surface area contributed by atoms with Crippen LogP contribution >= 0.6 is 0 Å². The number of fused-ring (bicyclic) bond motifs is 1. The molecule has 1 aromatic heterocycles. The Morgan fingerprint density at radius 1 is 1.19 bits per heavy atom. The Balaban J connectivity index is 0.00000261. The van der Waals surface area contributed by atoms with Crippen molar-refractivity contribution in [3.05, 3.63) is 63.8 Å². The molecule has 1 atom stereocenters. The minimum atomic E-state index is -4.62. The molecule has 9 nitrogen and oxygen atoms in total. The number of aromatic nitrogens is 2. The van der Waals surface area contributed by atoms with Gasteiger partial charge in [-0.2, -0.15) is 8.42 Å². The maximum absolute atomic E-state index is 12.8. The molecule has 0 saturated carbocycles. The molecule has 2 heterocycles. The Hall–Kier alpha value is -1.85. The molecule has 2 aromatic rings. The molecule has 11 heteroatoms. The van der Waals surface area contributed by atoms with Crippen LogP contribution in [-0.4, -0.2) is 34.7 Å². The summed E-state index contributed by atoms with van der Waals surface area (Å²) in [7, 11) is -1.80. The molecule has 27 heavy (non-hydrogen) atoms. The first-order valence-electron chi connectivity index (χ1n) is 7.68. The van der Waals surface area contributed by atoms with Crippen LogP contribution in [0.4, 0.5) is 17.2 Å². The summed E-state index contributed by atoms with van der Waals surface area (Å²) in [5.41, 5.74) is -2.42. The first-order valence-corrected chi connectivity index (χ1v) is 9.18. The van der Waals surface area contributed by atoms with Crippen LogP contribution in [-0.2, 0) is 23.7 Å². The Morgan fingerprint density at radius 3 is 2.30 bits per heavy atom. The van der Waals surface area contributed by atoms with E-state index in [-0.39, 0.29) is 47.6 Å². The number of rotatable bonds is 4. The quantitative estimate of drug-likeness (QED) is 0.343. The van der Waals surface area contributed by atoms with Gasteiger partial charge in [-0.05, 0) is 12.1 Å². The fraction of sp³-hybridized carbons (Fsp3) is 0.250.